The van der Waals surface area contributed by atoms with Gasteiger partial charge in [-0.25, -0.2) is 8.42 Å². The highest BCUT2D eigenvalue weighted by Crippen LogP contribution is 2.07. The zero-order valence-corrected chi connectivity index (χ0v) is 8.88. The molecule has 0 saturated heterocycles. The van der Waals surface area contributed by atoms with Crippen LogP contribution in [0.5, 0.6) is 5.75 Å². The molecule has 14 heavy (non-hydrogen) atoms. The zero-order chi connectivity index (χ0) is 10.4. The van der Waals surface area contributed by atoms with Crippen LogP contribution >= 0.6 is 0 Å². The van der Waals surface area contributed by atoms with E-state index >= 15 is 0 Å². The Morgan fingerprint density at radius 1 is 1.50 bits per heavy atom. The van der Waals surface area contributed by atoms with Crippen molar-refractivity contribution in [2.75, 3.05) is 18.6 Å². The summed E-state index contributed by atoms with van der Waals surface area (Å²) < 4.78 is 26.9. The summed E-state index contributed by atoms with van der Waals surface area (Å²) in [5.74, 6) is 0.893. The molecule has 0 unspecified atom stereocenters. The molecule has 3 nitrogen and oxygen atoms in total. The lowest BCUT2D eigenvalue weighted by molar-refractivity contribution is 0.317. The second-order valence-electron chi connectivity index (χ2n) is 3.07. The normalized spacial score (nSPS) is 11.2. The summed E-state index contributed by atoms with van der Waals surface area (Å²) in [6, 6.07) is 10.0. The van der Waals surface area contributed by atoms with E-state index in [1.807, 2.05) is 12.1 Å². The third-order valence-corrected chi connectivity index (χ3v) is 2.64. The first kappa shape index (κ1) is 11.0. The third kappa shape index (κ3) is 4.87. The average molecular weight is 213 g/mol. The van der Waals surface area contributed by atoms with Crippen LogP contribution in [0, 0.1) is 6.07 Å². The molecule has 0 N–H and O–H groups in total. The highest BCUT2D eigenvalue weighted by atomic mass is 32.2. The first-order valence-electron chi connectivity index (χ1n) is 4.34. The third-order valence-electron chi connectivity index (χ3n) is 1.61. The van der Waals surface area contributed by atoms with Crippen molar-refractivity contribution >= 4 is 9.84 Å². The number of sulfone groups is 1. The van der Waals surface area contributed by atoms with Crippen LogP contribution in [0.4, 0.5) is 0 Å². The molecule has 0 atom stereocenters. The maximum atomic E-state index is 10.8. The second-order valence-corrected chi connectivity index (χ2v) is 5.33. The van der Waals surface area contributed by atoms with Crippen molar-refractivity contribution in [1.82, 2.24) is 0 Å². The van der Waals surface area contributed by atoms with Gasteiger partial charge in [-0.05, 0) is 24.6 Å². The minimum atomic E-state index is -2.87. The Morgan fingerprint density at radius 3 is 2.86 bits per heavy atom. The summed E-state index contributed by atoms with van der Waals surface area (Å²) in [6.45, 7) is 0.422. The summed E-state index contributed by atoms with van der Waals surface area (Å²) >= 11 is 0. The number of rotatable bonds is 5. The summed E-state index contributed by atoms with van der Waals surface area (Å²) in [4.78, 5) is 0. The molecule has 77 valence electrons. The molecular weight excluding hydrogens is 200 g/mol. The molecule has 1 rings (SSSR count). The van der Waals surface area contributed by atoms with Gasteiger partial charge in [-0.2, -0.15) is 0 Å². The Kier molecular flexibility index (Phi) is 3.95. The molecule has 0 aliphatic carbocycles. The van der Waals surface area contributed by atoms with E-state index in [-0.39, 0.29) is 5.75 Å². The topological polar surface area (TPSA) is 43.4 Å². The SMILES string of the molecule is CS(=O)(=O)CCCOc1c[c]ccc1. The van der Waals surface area contributed by atoms with E-state index in [1.54, 1.807) is 12.1 Å². The fourth-order valence-electron chi connectivity index (χ4n) is 0.978. The molecule has 1 aromatic rings. The number of hydrogen-bond acceptors (Lipinski definition) is 3. The van der Waals surface area contributed by atoms with Crippen molar-refractivity contribution < 1.29 is 13.2 Å². The molecule has 0 aromatic heterocycles. The van der Waals surface area contributed by atoms with Crippen molar-refractivity contribution in [2.24, 2.45) is 0 Å². The minimum absolute atomic E-state index is 0.170. The van der Waals surface area contributed by atoms with Gasteiger partial charge >= 0.3 is 0 Å². The van der Waals surface area contributed by atoms with Gasteiger partial charge in [0.05, 0.1) is 12.4 Å². The lowest BCUT2D eigenvalue weighted by atomic mass is 10.3. The molecule has 0 amide bonds. The molecule has 0 heterocycles. The lowest BCUT2D eigenvalue weighted by Crippen LogP contribution is -2.07. The average Bonchev–Trinajstić information content (AvgIpc) is 2.13. The molecule has 0 spiro atoms. The van der Waals surface area contributed by atoms with Crippen molar-refractivity contribution in [3.63, 3.8) is 0 Å². The van der Waals surface area contributed by atoms with E-state index in [4.69, 9.17) is 4.74 Å². The van der Waals surface area contributed by atoms with Crippen molar-refractivity contribution in [1.29, 1.82) is 0 Å². The van der Waals surface area contributed by atoms with E-state index in [9.17, 15) is 8.42 Å². The summed E-state index contributed by atoms with van der Waals surface area (Å²) in [7, 11) is -2.87. The maximum absolute atomic E-state index is 10.8. The van der Waals surface area contributed by atoms with Gasteiger partial charge in [-0.1, -0.05) is 12.1 Å². The van der Waals surface area contributed by atoms with Gasteiger partial charge in [-0.15, -0.1) is 0 Å². The van der Waals surface area contributed by atoms with Crippen LogP contribution in [0.25, 0.3) is 0 Å². The molecule has 0 fully saturated rings. The van der Waals surface area contributed by atoms with E-state index in [0.29, 0.717) is 13.0 Å². The molecule has 0 bridgehead atoms. The van der Waals surface area contributed by atoms with Gasteiger partial charge in [0.25, 0.3) is 0 Å². The maximum Gasteiger partial charge on any atom is 0.147 e. The Morgan fingerprint density at radius 2 is 2.29 bits per heavy atom. The molecule has 1 radical (unpaired) electrons. The van der Waals surface area contributed by atoms with Crippen LogP contribution in [0.1, 0.15) is 6.42 Å². The first-order valence-corrected chi connectivity index (χ1v) is 6.40. The van der Waals surface area contributed by atoms with Crippen LogP contribution < -0.4 is 4.74 Å². The van der Waals surface area contributed by atoms with Crippen LogP contribution in [-0.2, 0) is 9.84 Å². The van der Waals surface area contributed by atoms with Gasteiger partial charge in [0.15, 0.2) is 0 Å². The lowest BCUT2D eigenvalue weighted by Gasteiger charge is -2.04. The quantitative estimate of drug-likeness (QED) is 0.692. The van der Waals surface area contributed by atoms with Crippen LogP contribution in [-0.4, -0.2) is 27.0 Å². The van der Waals surface area contributed by atoms with E-state index < -0.39 is 9.84 Å². The molecule has 1 aromatic carbocycles. The Bertz CT molecular complexity index is 356. The van der Waals surface area contributed by atoms with Crippen LogP contribution in [0.15, 0.2) is 24.3 Å². The number of hydrogen-bond donors (Lipinski definition) is 0. The smallest absolute Gasteiger partial charge is 0.147 e. The van der Waals surface area contributed by atoms with E-state index in [2.05, 4.69) is 6.07 Å². The van der Waals surface area contributed by atoms with Crippen molar-refractivity contribution in [3.05, 3.63) is 30.3 Å². The van der Waals surface area contributed by atoms with Crippen molar-refractivity contribution in [2.45, 2.75) is 6.42 Å². The largest absolute Gasteiger partial charge is 0.494 e. The van der Waals surface area contributed by atoms with Gasteiger partial charge in [0.2, 0.25) is 0 Å². The molecular formula is C10H13O3S. The highest BCUT2D eigenvalue weighted by molar-refractivity contribution is 7.90. The van der Waals surface area contributed by atoms with Gasteiger partial charge < -0.3 is 4.74 Å². The molecule has 0 aliphatic heterocycles. The Balaban J connectivity index is 2.23. The van der Waals surface area contributed by atoms with Gasteiger partial charge in [0, 0.05) is 6.26 Å². The van der Waals surface area contributed by atoms with Crippen molar-refractivity contribution in [3.8, 4) is 5.75 Å². The van der Waals surface area contributed by atoms with Gasteiger partial charge in [-0.3, -0.25) is 0 Å². The summed E-state index contributed by atoms with van der Waals surface area (Å²) in [5, 5.41) is 0. The Hall–Kier alpha value is -1.03. The fraction of sp³-hybridized carbons (Fsp3) is 0.400. The number of ether oxygens (including phenoxy) is 1. The van der Waals surface area contributed by atoms with Crippen LogP contribution in [0.3, 0.4) is 0 Å². The molecule has 0 saturated carbocycles. The molecule has 0 aliphatic rings. The van der Waals surface area contributed by atoms with Gasteiger partial charge in [0.1, 0.15) is 15.6 Å². The Labute approximate surface area is 84.6 Å². The second kappa shape index (κ2) is 5.00. The van der Waals surface area contributed by atoms with E-state index in [0.717, 1.165) is 5.75 Å². The predicted molar refractivity (Wildman–Crippen MR) is 55.1 cm³/mol. The summed E-state index contributed by atoms with van der Waals surface area (Å²) in [6.07, 6.45) is 1.75. The van der Waals surface area contributed by atoms with E-state index in [1.165, 1.54) is 6.26 Å². The first-order chi connectivity index (χ1) is 6.58. The standard InChI is InChI=1S/C10H13O3S/c1-14(11,12)9-5-8-13-10-6-3-2-4-7-10/h2-3,6-7H,5,8-9H2,1H3. The number of benzene rings is 1. The fourth-order valence-corrected chi connectivity index (χ4v) is 1.62. The molecule has 4 heteroatoms. The summed E-state index contributed by atoms with van der Waals surface area (Å²) in [5.41, 5.74) is 0. The van der Waals surface area contributed by atoms with Crippen LogP contribution in [0.2, 0.25) is 0 Å². The highest BCUT2D eigenvalue weighted by Gasteiger charge is 2.01. The predicted octanol–water partition coefficient (Wildman–Crippen LogP) is 1.30. The zero-order valence-electron chi connectivity index (χ0n) is 8.06. The monoisotopic (exact) mass is 213 g/mol. The minimum Gasteiger partial charge on any atom is -0.494 e.